The number of likely N-dealkylation sites (tertiary alicyclic amines) is 1. The lowest BCUT2D eigenvalue weighted by atomic mass is 9.92. The largest absolute Gasteiger partial charge is 0.343 e. The molecule has 2 saturated heterocycles. The number of alkyl halides is 1. The Labute approximate surface area is 90.0 Å². The van der Waals surface area contributed by atoms with Crippen LogP contribution in [0.4, 0.5) is 4.39 Å². The molecule has 2 fully saturated rings. The molecule has 86 valence electrons. The second-order valence-corrected chi connectivity index (χ2v) is 4.70. The topological polar surface area (TPSA) is 32.3 Å². The van der Waals surface area contributed by atoms with Gasteiger partial charge in [0, 0.05) is 19.6 Å². The summed E-state index contributed by atoms with van der Waals surface area (Å²) in [5.74, 6) is -0.00120. The molecule has 0 saturated carbocycles. The molecule has 2 aliphatic rings. The van der Waals surface area contributed by atoms with Crippen LogP contribution in [0.15, 0.2) is 0 Å². The third-order valence-electron chi connectivity index (χ3n) is 3.35. The van der Waals surface area contributed by atoms with E-state index in [9.17, 15) is 9.18 Å². The molecule has 15 heavy (non-hydrogen) atoms. The van der Waals surface area contributed by atoms with Crippen molar-refractivity contribution in [3.63, 3.8) is 0 Å². The summed E-state index contributed by atoms with van der Waals surface area (Å²) >= 11 is 0. The minimum atomic E-state index is -1.29. The molecule has 0 aromatic carbocycles. The number of hydrogen-bond acceptors (Lipinski definition) is 2. The van der Waals surface area contributed by atoms with Crippen LogP contribution >= 0.6 is 0 Å². The molecule has 4 heteroatoms. The van der Waals surface area contributed by atoms with Crippen molar-refractivity contribution in [1.29, 1.82) is 0 Å². The number of carbonyl (C=O) groups is 1. The maximum absolute atomic E-state index is 14.2. The molecule has 1 atom stereocenters. The number of halogens is 1. The van der Waals surface area contributed by atoms with Crippen LogP contribution in [0.1, 0.15) is 32.1 Å². The number of amides is 1. The van der Waals surface area contributed by atoms with Gasteiger partial charge in [-0.15, -0.1) is 0 Å². The molecule has 2 rings (SSSR count). The molecule has 0 spiro atoms. The van der Waals surface area contributed by atoms with Crippen molar-refractivity contribution in [2.75, 3.05) is 26.2 Å². The van der Waals surface area contributed by atoms with Gasteiger partial charge in [-0.3, -0.25) is 4.79 Å². The summed E-state index contributed by atoms with van der Waals surface area (Å²) in [7, 11) is 0. The van der Waals surface area contributed by atoms with E-state index >= 15 is 0 Å². The third kappa shape index (κ3) is 2.68. The van der Waals surface area contributed by atoms with E-state index in [1.165, 1.54) is 0 Å². The van der Waals surface area contributed by atoms with Crippen LogP contribution in [0.5, 0.6) is 0 Å². The van der Waals surface area contributed by atoms with Gasteiger partial charge in [0.25, 0.3) is 0 Å². The standard InChI is InChI=1S/C11H19FN2O/c12-11(4-3-5-13-9-11)8-10(15)14-6-1-2-7-14/h13H,1-9H2. The van der Waals surface area contributed by atoms with Gasteiger partial charge in [-0.2, -0.15) is 0 Å². The number of nitrogens with zero attached hydrogens (tertiary/aromatic N) is 1. The van der Waals surface area contributed by atoms with Crippen molar-refractivity contribution in [3.8, 4) is 0 Å². The molecule has 1 unspecified atom stereocenters. The molecule has 1 N–H and O–H groups in total. The highest BCUT2D eigenvalue weighted by Crippen LogP contribution is 2.26. The van der Waals surface area contributed by atoms with Gasteiger partial charge in [-0.25, -0.2) is 4.39 Å². The monoisotopic (exact) mass is 214 g/mol. The first-order chi connectivity index (χ1) is 7.20. The zero-order valence-corrected chi connectivity index (χ0v) is 9.10. The minimum Gasteiger partial charge on any atom is -0.343 e. The van der Waals surface area contributed by atoms with Crippen molar-refractivity contribution in [2.45, 2.75) is 37.8 Å². The zero-order valence-electron chi connectivity index (χ0n) is 9.10. The summed E-state index contributed by atoms with van der Waals surface area (Å²) in [4.78, 5) is 13.6. The van der Waals surface area contributed by atoms with Gasteiger partial charge in [0.05, 0.1) is 6.42 Å². The third-order valence-corrected chi connectivity index (χ3v) is 3.35. The van der Waals surface area contributed by atoms with E-state index in [1.807, 2.05) is 0 Å². The van der Waals surface area contributed by atoms with Crippen molar-refractivity contribution in [1.82, 2.24) is 10.2 Å². The molecular formula is C11H19FN2O. The molecule has 1 amide bonds. The van der Waals surface area contributed by atoms with Gasteiger partial charge in [0.15, 0.2) is 0 Å². The Morgan fingerprint density at radius 1 is 1.33 bits per heavy atom. The maximum atomic E-state index is 14.2. The first-order valence-corrected chi connectivity index (χ1v) is 5.87. The fraction of sp³-hybridized carbons (Fsp3) is 0.909. The van der Waals surface area contributed by atoms with Crippen molar-refractivity contribution >= 4 is 5.91 Å². The van der Waals surface area contributed by atoms with Crippen LogP contribution in [0, 0.1) is 0 Å². The summed E-state index contributed by atoms with van der Waals surface area (Å²) in [6.45, 7) is 2.86. The van der Waals surface area contributed by atoms with Crippen molar-refractivity contribution in [3.05, 3.63) is 0 Å². The van der Waals surface area contributed by atoms with Gasteiger partial charge in [0.1, 0.15) is 5.67 Å². The SMILES string of the molecule is O=C(CC1(F)CCCNC1)N1CCCC1. The Kier molecular flexibility index (Phi) is 3.24. The fourth-order valence-corrected chi connectivity index (χ4v) is 2.43. The quantitative estimate of drug-likeness (QED) is 0.746. The number of rotatable bonds is 2. The summed E-state index contributed by atoms with van der Waals surface area (Å²) in [6, 6.07) is 0. The van der Waals surface area contributed by atoms with Gasteiger partial charge < -0.3 is 10.2 Å². The molecule has 3 nitrogen and oxygen atoms in total. The van der Waals surface area contributed by atoms with E-state index in [4.69, 9.17) is 0 Å². The van der Waals surface area contributed by atoms with E-state index < -0.39 is 5.67 Å². The Bertz CT molecular complexity index is 233. The second kappa shape index (κ2) is 4.47. The Morgan fingerprint density at radius 3 is 2.67 bits per heavy atom. The average Bonchev–Trinajstić information content (AvgIpc) is 2.70. The zero-order chi connectivity index (χ0) is 10.7. The summed E-state index contributed by atoms with van der Waals surface area (Å²) < 4.78 is 14.2. The molecule has 0 aromatic heterocycles. The Balaban J connectivity index is 1.86. The predicted molar refractivity (Wildman–Crippen MR) is 56.4 cm³/mol. The van der Waals surface area contributed by atoms with E-state index in [2.05, 4.69) is 5.32 Å². The van der Waals surface area contributed by atoms with Crippen LogP contribution < -0.4 is 5.32 Å². The van der Waals surface area contributed by atoms with Gasteiger partial charge in [-0.1, -0.05) is 0 Å². The van der Waals surface area contributed by atoms with Crippen LogP contribution in [0.3, 0.4) is 0 Å². The molecular weight excluding hydrogens is 195 g/mol. The fourth-order valence-electron chi connectivity index (χ4n) is 2.43. The summed E-state index contributed by atoms with van der Waals surface area (Å²) in [6.07, 6.45) is 3.58. The minimum absolute atomic E-state index is 0.00120. The normalized spacial score (nSPS) is 31.9. The highest BCUT2D eigenvalue weighted by molar-refractivity contribution is 5.77. The Morgan fingerprint density at radius 2 is 2.07 bits per heavy atom. The first-order valence-electron chi connectivity index (χ1n) is 5.87. The molecule has 2 heterocycles. The maximum Gasteiger partial charge on any atom is 0.225 e. The van der Waals surface area contributed by atoms with Crippen LogP contribution in [-0.2, 0) is 4.79 Å². The average molecular weight is 214 g/mol. The number of nitrogens with one attached hydrogen (secondary N) is 1. The number of hydrogen-bond donors (Lipinski definition) is 1. The summed E-state index contributed by atoms with van der Waals surface area (Å²) in [5, 5.41) is 3.03. The molecule has 0 radical (unpaired) electrons. The lowest BCUT2D eigenvalue weighted by molar-refractivity contribution is -0.133. The van der Waals surface area contributed by atoms with E-state index in [0.717, 1.165) is 38.9 Å². The smallest absolute Gasteiger partial charge is 0.225 e. The van der Waals surface area contributed by atoms with E-state index in [0.29, 0.717) is 13.0 Å². The lowest BCUT2D eigenvalue weighted by Gasteiger charge is -2.31. The van der Waals surface area contributed by atoms with Crippen LogP contribution in [-0.4, -0.2) is 42.7 Å². The molecule has 2 aliphatic heterocycles. The first kappa shape index (κ1) is 10.9. The molecule has 0 aliphatic carbocycles. The van der Waals surface area contributed by atoms with Crippen molar-refractivity contribution in [2.24, 2.45) is 0 Å². The second-order valence-electron chi connectivity index (χ2n) is 4.70. The summed E-state index contributed by atoms with van der Waals surface area (Å²) in [5.41, 5.74) is -1.29. The predicted octanol–water partition coefficient (Wildman–Crippen LogP) is 1.09. The van der Waals surface area contributed by atoms with Gasteiger partial charge in [-0.05, 0) is 32.2 Å². The number of carbonyl (C=O) groups excluding carboxylic acids is 1. The molecule has 0 bridgehead atoms. The Hall–Kier alpha value is -0.640. The van der Waals surface area contributed by atoms with Crippen LogP contribution in [0.25, 0.3) is 0 Å². The van der Waals surface area contributed by atoms with Gasteiger partial charge >= 0.3 is 0 Å². The van der Waals surface area contributed by atoms with Crippen LogP contribution in [0.2, 0.25) is 0 Å². The number of piperidine rings is 1. The highest BCUT2D eigenvalue weighted by Gasteiger charge is 2.35. The molecule has 0 aromatic rings. The van der Waals surface area contributed by atoms with Crippen molar-refractivity contribution < 1.29 is 9.18 Å². The van der Waals surface area contributed by atoms with E-state index in [1.54, 1.807) is 4.90 Å². The van der Waals surface area contributed by atoms with E-state index in [-0.39, 0.29) is 12.3 Å². The lowest BCUT2D eigenvalue weighted by Crippen LogP contribution is -2.45. The highest BCUT2D eigenvalue weighted by atomic mass is 19.1. The van der Waals surface area contributed by atoms with Gasteiger partial charge in [0.2, 0.25) is 5.91 Å².